The molecule has 1 aromatic heterocycles. The molecule has 1 heterocycles. The van der Waals surface area contributed by atoms with Crippen LogP contribution in [0.4, 0.5) is 10.1 Å². The number of nitrogens with zero attached hydrogens (tertiary/aromatic N) is 1. The second-order valence-electron chi connectivity index (χ2n) is 5.23. The lowest BCUT2D eigenvalue weighted by molar-refractivity contribution is 0.101. The molecule has 0 saturated carbocycles. The van der Waals surface area contributed by atoms with E-state index in [0.29, 0.717) is 28.5 Å². The Morgan fingerprint density at radius 1 is 1.12 bits per heavy atom. The van der Waals surface area contributed by atoms with Gasteiger partial charge in [0.25, 0.3) is 5.91 Å². The summed E-state index contributed by atoms with van der Waals surface area (Å²) >= 11 is 5.70. The third-order valence-corrected chi connectivity index (χ3v) is 3.88. The Kier molecular flexibility index (Phi) is 5.09. The van der Waals surface area contributed by atoms with E-state index in [1.54, 1.807) is 18.2 Å². The molecule has 0 atom stereocenters. The molecule has 2 aromatic carbocycles. The summed E-state index contributed by atoms with van der Waals surface area (Å²) in [6, 6.07) is 10.5. The summed E-state index contributed by atoms with van der Waals surface area (Å²) in [5, 5.41) is 6.25. The Hall–Kier alpha value is -3.06. The van der Waals surface area contributed by atoms with Crippen LogP contribution in [0.5, 0.6) is 11.5 Å². The van der Waals surface area contributed by atoms with Gasteiger partial charge in [-0.1, -0.05) is 16.8 Å². The average molecular weight is 377 g/mol. The highest BCUT2D eigenvalue weighted by atomic mass is 35.5. The van der Waals surface area contributed by atoms with Gasteiger partial charge in [0.1, 0.15) is 5.82 Å². The van der Waals surface area contributed by atoms with E-state index in [1.807, 2.05) is 0 Å². The van der Waals surface area contributed by atoms with Gasteiger partial charge in [0.2, 0.25) is 0 Å². The first kappa shape index (κ1) is 17.8. The van der Waals surface area contributed by atoms with Crippen molar-refractivity contribution in [1.29, 1.82) is 0 Å². The fourth-order valence-electron chi connectivity index (χ4n) is 2.28. The number of hydrogen-bond donors (Lipinski definition) is 1. The maximum atomic E-state index is 13.2. The molecule has 0 saturated heterocycles. The molecule has 1 N–H and O–H groups in total. The largest absolute Gasteiger partial charge is 0.493 e. The number of hydrogen-bond acceptors (Lipinski definition) is 5. The van der Waals surface area contributed by atoms with Gasteiger partial charge in [0, 0.05) is 17.3 Å². The fourth-order valence-corrected chi connectivity index (χ4v) is 2.46. The molecule has 0 unspecified atom stereocenters. The predicted molar refractivity (Wildman–Crippen MR) is 94.4 cm³/mol. The number of methoxy groups -OCH3 is 2. The third-order valence-electron chi connectivity index (χ3n) is 3.59. The van der Waals surface area contributed by atoms with Crippen LogP contribution in [0.1, 0.15) is 10.5 Å². The van der Waals surface area contributed by atoms with E-state index in [2.05, 4.69) is 10.5 Å². The normalized spacial score (nSPS) is 10.5. The van der Waals surface area contributed by atoms with E-state index in [1.165, 1.54) is 32.4 Å². The minimum Gasteiger partial charge on any atom is -0.493 e. The quantitative estimate of drug-likeness (QED) is 0.714. The first-order chi connectivity index (χ1) is 12.5. The lowest BCUT2D eigenvalue weighted by Crippen LogP contribution is -2.12. The summed E-state index contributed by atoms with van der Waals surface area (Å²) < 4.78 is 28.8. The van der Waals surface area contributed by atoms with Gasteiger partial charge >= 0.3 is 0 Å². The van der Waals surface area contributed by atoms with E-state index in [0.717, 1.165) is 6.07 Å². The van der Waals surface area contributed by atoms with Crippen LogP contribution in [0, 0.1) is 5.82 Å². The molecule has 3 rings (SSSR count). The number of carbonyl (C=O) groups is 1. The molecule has 134 valence electrons. The van der Waals surface area contributed by atoms with Crippen molar-refractivity contribution in [3.05, 3.63) is 59.0 Å². The van der Waals surface area contributed by atoms with Crippen molar-refractivity contribution in [2.45, 2.75) is 0 Å². The molecule has 0 fully saturated rings. The number of ether oxygens (including phenoxy) is 2. The van der Waals surface area contributed by atoms with Gasteiger partial charge in [0.05, 0.1) is 19.2 Å². The van der Waals surface area contributed by atoms with Gasteiger partial charge in [-0.05, 0) is 36.4 Å². The van der Waals surface area contributed by atoms with Crippen molar-refractivity contribution in [3.63, 3.8) is 0 Å². The van der Waals surface area contributed by atoms with Gasteiger partial charge < -0.3 is 19.3 Å². The van der Waals surface area contributed by atoms with Gasteiger partial charge in [-0.25, -0.2) is 4.39 Å². The molecule has 0 aliphatic heterocycles. The molecule has 1 amide bonds. The monoisotopic (exact) mass is 376 g/mol. The number of nitrogens with one attached hydrogen (secondary N) is 1. The molecule has 3 aromatic rings. The summed E-state index contributed by atoms with van der Waals surface area (Å²) in [5.74, 6) is 0.397. The molecular weight excluding hydrogens is 363 g/mol. The first-order valence-electron chi connectivity index (χ1n) is 7.47. The highest BCUT2D eigenvalue weighted by Gasteiger charge is 2.16. The minimum absolute atomic E-state index is 0.0650. The van der Waals surface area contributed by atoms with Crippen LogP contribution in [0.3, 0.4) is 0 Å². The zero-order valence-electron chi connectivity index (χ0n) is 13.9. The first-order valence-corrected chi connectivity index (χ1v) is 7.85. The summed E-state index contributed by atoms with van der Waals surface area (Å²) in [6.45, 7) is 0. The molecule has 0 spiro atoms. The zero-order valence-corrected chi connectivity index (χ0v) is 14.6. The van der Waals surface area contributed by atoms with Crippen LogP contribution in [0.2, 0.25) is 5.02 Å². The van der Waals surface area contributed by atoms with Crippen molar-refractivity contribution in [3.8, 4) is 22.8 Å². The Balaban J connectivity index is 1.80. The number of benzene rings is 2. The maximum Gasteiger partial charge on any atom is 0.277 e. The molecule has 0 aliphatic rings. The van der Waals surface area contributed by atoms with E-state index in [-0.39, 0.29) is 10.7 Å². The van der Waals surface area contributed by atoms with Crippen LogP contribution >= 0.6 is 11.6 Å². The third kappa shape index (κ3) is 3.62. The Labute approximate surface area is 153 Å². The van der Waals surface area contributed by atoms with E-state index >= 15 is 0 Å². The molecule has 0 radical (unpaired) electrons. The topological polar surface area (TPSA) is 73.6 Å². The van der Waals surface area contributed by atoms with Crippen LogP contribution in [0.25, 0.3) is 11.3 Å². The predicted octanol–water partition coefficient (Wildman–Crippen LogP) is 4.40. The minimum atomic E-state index is -0.568. The number of amides is 1. The number of rotatable bonds is 5. The smallest absolute Gasteiger partial charge is 0.277 e. The number of halogens is 2. The lowest BCUT2D eigenvalue weighted by Gasteiger charge is -2.07. The average Bonchev–Trinajstić information content (AvgIpc) is 3.14. The highest BCUT2D eigenvalue weighted by molar-refractivity contribution is 6.31. The summed E-state index contributed by atoms with van der Waals surface area (Å²) in [4.78, 5) is 12.3. The maximum absolute atomic E-state index is 13.2. The SMILES string of the molecule is COc1ccc(-c2cc(C(=O)Nc3ccc(F)c(Cl)c3)no2)cc1OC. The van der Waals surface area contributed by atoms with Crippen molar-refractivity contribution >= 4 is 23.2 Å². The van der Waals surface area contributed by atoms with Gasteiger partial charge in [-0.15, -0.1) is 0 Å². The lowest BCUT2D eigenvalue weighted by atomic mass is 10.1. The number of anilines is 1. The van der Waals surface area contributed by atoms with Crippen molar-refractivity contribution in [1.82, 2.24) is 5.16 Å². The van der Waals surface area contributed by atoms with Crippen LogP contribution < -0.4 is 14.8 Å². The van der Waals surface area contributed by atoms with Crippen LogP contribution in [-0.4, -0.2) is 25.3 Å². The number of carbonyl (C=O) groups excluding carboxylic acids is 1. The standard InChI is InChI=1S/C18H14ClFN2O4/c1-24-15-6-3-10(7-17(15)25-2)16-9-14(22-26-16)18(23)21-11-4-5-13(20)12(19)8-11/h3-9H,1-2H3,(H,21,23). The molecule has 6 nitrogen and oxygen atoms in total. The van der Waals surface area contributed by atoms with Crippen molar-refractivity contribution in [2.75, 3.05) is 19.5 Å². The van der Waals surface area contributed by atoms with Crippen molar-refractivity contribution < 1.29 is 23.2 Å². The second kappa shape index (κ2) is 7.45. The van der Waals surface area contributed by atoms with Crippen LogP contribution in [-0.2, 0) is 0 Å². The van der Waals surface area contributed by atoms with E-state index in [9.17, 15) is 9.18 Å². The van der Waals surface area contributed by atoms with Crippen molar-refractivity contribution in [2.24, 2.45) is 0 Å². The Morgan fingerprint density at radius 3 is 2.58 bits per heavy atom. The summed E-state index contributed by atoms with van der Waals surface area (Å²) in [5.41, 5.74) is 1.08. The fraction of sp³-hybridized carbons (Fsp3) is 0.111. The molecule has 0 bridgehead atoms. The van der Waals surface area contributed by atoms with E-state index in [4.69, 9.17) is 25.6 Å². The van der Waals surface area contributed by atoms with Gasteiger partial charge in [-0.2, -0.15) is 0 Å². The number of aromatic nitrogens is 1. The Morgan fingerprint density at radius 2 is 1.88 bits per heavy atom. The summed E-state index contributed by atoms with van der Waals surface area (Å²) in [7, 11) is 3.06. The second-order valence-corrected chi connectivity index (χ2v) is 5.64. The Bertz CT molecular complexity index is 958. The van der Waals surface area contributed by atoms with E-state index < -0.39 is 11.7 Å². The highest BCUT2D eigenvalue weighted by Crippen LogP contribution is 2.32. The zero-order chi connectivity index (χ0) is 18.7. The van der Waals surface area contributed by atoms with Gasteiger partial charge in [-0.3, -0.25) is 4.79 Å². The van der Waals surface area contributed by atoms with Crippen LogP contribution in [0.15, 0.2) is 47.0 Å². The molecule has 0 aliphatic carbocycles. The molecular formula is C18H14ClFN2O4. The van der Waals surface area contributed by atoms with Gasteiger partial charge in [0.15, 0.2) is 23.0 Å². The molecule has 26 heavy (non-hydrogen) atoms. The summed E-state index contributed by atoms with van der Waals surface area (Å²) in [6.07, 6.45) is 0. The molecule has 8 heteroatoms.